The molecule has 370 valence electrons. The molecule has 2 nitrogen and oxygen atoms in total. The molecule has 0 N–H and O–H groups in total. The molecule has 78 heavy (non-hydrogen) atoms. The number of rotatable bonds is 12. The Hall–Kier alpha value is -9.76. The predicted octanol–water partition coefficient (Wildman–Crippen LogP) is 17.1. The SMILES string of the molecule is C(=C\c1cccc2[n+]1CCc1ccc3c(c1-2)-c1cccc(/C=C/c2ccc(C(=C(c4ccccc4)c4ccccc4)c4ccccc4)cc2)[n+]1CC3)/c1ccc(C(=C(c2ccccc2)c2ccccc2)c2ccccc2)cc1. The Morgan fingerprint density at radius 3 is 0.795 bits per heavy atom. The summed E-state index contributed by atoms with van der Waals surface area (Å²) in [5.74, 6) is 0. The van der Waals surface area contributed by atoms with Crippen LogP contribution in [0.5, 0.6) is 0 Å². The van der Waals surface area contributed by atoms with E-state index in [1.165, 1.54) is 112 Å². The highest BCUT2D eigenvalue weighted by atomic mass is 15.0. The van der Waals surface area contributed by atoms with Crippen molar-refractivity contribution in [3.63, 3.8) is 0 Å². The molecule has 2 aromatic heterocycles. The summed E-state index contributed by atoms with van der Waals surface area (Å²) in [7, 11) is 0. The topological polar surface area (TPSA) is 7.76 Å². The third-order valence-corrected chi connectivity index (χ3v) is 15.5. The lowest BCUT2D eigenvalue weighted by Crippen LogP contribution is -2.45. The van der Waals surface area contributed by atoms with E-state index < -0.39 is 0 Å². The van der Waals surface area contributed by atoms with Crippen molar-refractivity contribution in [3.8, 4) is 22.5 Å². The van der Waals surface area contributed by atoms with Crippen LogP contribution in [0.4, 0.5) is 0 Å². The smallest absolute Gasteiger partial charge is 0.192 e. The Bertz CT molecular complexity index is 3690. The Balaban J connectivity index is 0.810. The first kappa shape index (κ1) is 47.9. The van der Waals surface area contributed by atoms with Gasteiger partial charge in [0.15, 0.2) is 13.1 Å². The van der Waals surface area contributed by atoms with Gasteiger partial charge < -0.3 is 0 Å². The molecule has 0 unspecified atom stereocenters. The second kappa shape index (κ2) is 21.8. The Kier molecular flexibility index (Phi) is 13.4. The van der Waals surface area contributed by atoms with Crippen molar-refractivity contribution in [1.82, 2.24) is 0 Å². The zero-order valence-electron chi connectivity index (χ0n) is 43.6. The lowest BCUT2D eigenvalue weighted by molar-refractivity contribution is -0.691. The van der Waals surface area contributed by atoms with Gasteiger partial charge in [-0.1, -0.05) is 243 Å². The summed E-state index contributed by atoms with van der Waals surface area (Å²) in [5.41, 5.74) is 27.3. The van der Waals surface area contributed by atoms with E-state index in [-0.39, 0.29) is 0 Å². The maximum Gasteiger partial charge on any atom is 0.214 e. The van der Waals surface area contributed by atoms with Crippen LogP contribution in [-0.4, -0.2) is 0 Å². The first-order valence-electron chi connectivity index (χ1n) is 27.3. The van der Waals surface area contributed by atoms with Gasteiger partial charge >= 0.3 is 0 Å². The molecule has 0 fully saturated rings. The summed E-state index contributed by atoms with van der Waals surface area (Å²) >= 11 is 0. The van der Waals surface area contributed by atoms with Gasteiger partial charge in [-0.05, 0) is 113 Å². The zero-order valence-corrected chi connectivity index (χ0v) is 43.6. The second-order valence-corrected chi connectivity index (χ2v) is 20.2. The van der Waals surface area contributed by atoms with E-state index in [0.717, 1.165) is 37.1 Å². The molecule has 13 rings (SSSR count). The molecule has 9 aromatic carbocycles. The molecule has 0 bridgehead atoms. The average molecular weight is 999 g/mol. The van der Waals surface area contributed by atoms with Gasteiger partial charge in [0.1, 0.15) is 0 Å². The standard InChI is InChI=1S/C76H58N2/c1-7-21-57(22-8-1)71(58-23-9-2-10-24-58)73(61-29-15-5-16-30-61)63-43-37-55(38-44-63)41-49-67-33-19-35-69-75-65(51-53-77(67)69)47-48-66-52-54-78-68(34-20-36-70(78)76(66)75)50-42-56-39-45-64(46-40-56)74(62-31-17-6-18-32-62)72(59-25-11-3-12-26-59)60-27-13-4-14-28-60/h1-50H,51-54H2/q+2/b49-41+,50-42+. The van der Waals surface area contributed by atoms with E-state index in [0.29, 0.717) is 0 Å². The van der Waals surface area contributed by atoms with Gasteiger partial charge in [-0.15, -0.1) is 0 Å². The minimum atomic E-state index is 0.928. The highest BCUT2D eigenvalue weighted by Gasteiger charge is 2.35. The van der Waals surface area contributed by atoms with Crippen LogP contribution in [0, 0.1) is 0 Å². The molecule has 0 spiro atoms. The average Bonchev–Trinajstić information content (AvgIpc) is 3.61. The maximum absolute atomic E-state index is 2.53. The van der Waals surface area contributed by atoms with Crippen LogP contribution in [-0.2, 0) is 25.9 Å². The van der Waals surface area contributed by atoms with Crippen LogP contribution in [0.3, 0.4) is 0 Å². The summed E-state index contributed by atoms with van der Waals surface area (Å²) in [4.78, 5) is 0. The Morgan fingerprint density at radius 1 is 0.244 bits per heavy atom. The Morgan fingerprint density at radius 2 is 0.513 bits per heavy atom. The molecule has 4 heterocycles. The molecular weight excluding hydrogens is 941 g/mol. The number of aryl methyl sites for hydroxylation is 2. The van der Waals surface area contributed by atoms with E-state index in [1.807, 2.05) is 0 Å². The molecule has 0 aliphatic carbocycles. The predicted molar refractivity (Wildman–Crippen MR) is 325 cm³/mol. The van der Waals surface area contributed by atoms with Gasteiger partial charge in [0.2, 0.25) is 22.8 Å². The van der Waals surface area contributed by atoms with Crippen LogP contribution in [0.2, 0.25) is 0 Å². The van der Waals surface area contributed by atoms with Crippen LogP contribution in [0.1, 0.15) is 78.1 Å². The fraction of sp³-hybridized carbons (Fsp3) is 0.0526. The summed E-state index contributed by atoms with van der Waals surface area (Å²) < 4.78 is 5.06. The van der Waals surface area contributed by atoms with Crippen molar-refractivity contribution in [1.29, 1.82) is 0 Å². The molecule has 2 aliphatic heterocycles. The highest BCUT2D eigenvalue weighted by molar-refractivity contribution is 6.06. The normalized spacial score (nSPS) is 12.3. The molecule has 0 saturated heterocycles. The molecular formula is C76H58N2+2. The van der Waals surface area contributed by atoms with E-state index in [4.69, 9.17) is 0 Å². The number of pyridine rings is 2. The van der Waals surface area contributed by atoms with Gasteiger partial charge in [-0.3, -0.25) is 0 Å². The lowest BCUT2D eigenvalue weighted by Gasteiger charge is -2.23. The van der Waals surface area contributed by atoms with Crippen molar-refractivity contribution in [2.45, 2.75) is 25.9 Å². The van der Waals surface area contributed by atoms with Crippen molar-refractivity contribution in [3.05, 3.63) is 357 Å². The minimum absolute atomic E-state index is 0.928. The molecule has 2 heteroatoms. The van der Waals surface area contributed by atoms with Crippen LogP contribution < -0.4 is 9.13 Å². The number of hydrogen-bond acceptors (Lipinski definition) is 0. The monoisotopic (exact) mass is 998 g/mol. The minimum Gasteiger partial charge on any atom is -0.192 e. The molecule has 0 atom stereocenters. The first-order valence-corrected chi connectivity index (χ1v) is 27.3. The number of benzene rings is 9. The van der Waals surface area contributed by atoms with Crippen molar-refractivity contribution in [2.24, 2.45) is 0 Å². The third kappa shape index (κ3) is 9.61. The van der Waals surface area contributed by atoms with Crippen LogP contribution in [0.25, 0.3) is 69.1 Å². The second-order valence-electron chi connectivity index (χ2n) is 20.2. The van der Waals surface area contributed by atoms with E-state index in [1.54, 1.807) is 0 Å². The number of hydrogen-bond donors (Lipinski definition) is 0. The Labute approximate surface area is 458 Å². The zero-order chi connectivity index (χ0) is 52.0. The van der Waals surface area contributed by atoms with Gasteiger partial charge in [-0.2, -0.15) is 9.13 Å². The molecule has 0 saturated carbocycles. The summed E-state index contributed by atoms with van der Waals surface area (Å²) in [5, 5.41) is 0. The maximum atomic E-state index is 2.53. The molecule has 0 radical (unpaired) electrons. The summed E-state index contributed by atoms with van der Waals surface area (Å²) in [6, 6.07) is 101. The fourth-order valence-corrected chi connectivity index (χ4v) is 11.8. The van der Waals surface area contributed by atoms with Crippen LogP contribution in [0.15, 0.2) is 279 Å². The quantitative estimate of drug-likeness (QED) is 0.0851. The van der Waals surface area contributed by atoms with E-state index in [9.17, 15) is 0 Å². The van der Waals surface area contributed by atoms with Crippen molar-refractivity contribution < 1.29 is 9.13 Å². The molecule has 0 amide bonds. The number of aromatic nitrogens is 2. The summed E-state index contributed by atoms with van der Waals surface area (Å²) in [6.07, 6.45) is 11.1. The first-order chi connectivity index (χ1) is 38.7. The van der Waals surface area contributed by atoms with Gasteiger partial charge in [-0.25, -0.2) is 0 Å². The highest BCUT2D eigenvalue weighted by Crippen LogP contribution is 2.41. The van der Waals surface area contributed by atoms with Crippen molar-refractivity contribution in [2.75, 3.05) is 0 Å². The number of fused-ring (bicyclic) bond motifs is 7. The van der Waals surface area contributed by atoms with Crippen LogP contribution >= 0.6 is 0 Å². The van der Waals surface area contributed by atoms with Gasteiger partial charge in [0.25, 0.3) is 0 Å². The van der Waals surface area contributed by atoms with Crippen molar-refractivity contribution >= 4 is 46.6 Å². The number of nitrogens with zero attached hydrogens (tertiary/aromatic N) is 2. The molecule has 2 aliphatic rings. The van der Waals surface area contributed by atoms with E-state index >= 15 is 0 Å². The fourth-order valence-electron chi connectivity index (χ4n) is 11.8. The van der Waals surface area contributed by atoms with Gasteiger partial charge in [0.05, 0.1) is 11.1 Å². The van der Waals surface area contributed by atoms with Gasteiger partial charge in [0, 0.05) is 49.3 Å². The summed E-state index contributed by atoms with van der Waals surface area (Å²) in [6.45, 7) is 1.86. The van der Waals surface area contributed by atoms with E-state index in [2.05, 4.69) is 312 Å². The largest absolute Gasteiger partial charge is 0.214 e. The lowest BCUT2D eigenvalue weighted by atomic mass is 9.85. The third-order valence-electron chi connectivity index (χ3n) is 15.5. The molecule has 11 aromatic rings.